The van der Waals surface area contributed by atoms with Gasteiger partial charge in [0.25, 0.3) is 0 Å². The Morgan fingerprint density at radius 3 is 2.17 bits per heavy atom. The van der Waals surface area contributed by atoms with E-state index >= 15 is 0 Å². The van der Waals surface area contributed by atoms with Gasteiger partial charge in [-0.1, -0.05) is 66.7 Å². The Morgan fingerprint density at radius 1 is 0.902 bits per heavy atom. The van der Waals surface area contributed by atoms with Gasteiger partial charge in [0.1, 0.15) is 6.04 Å². The standard InChI is InChI=1S/C33H43N3O4S/c1-25-14-12-19-29(22-25)36(41(6,39)40)21-13-20-31(37)35(24-28-18-11-10-15-26(28)2)30(32(38)34-33(3,4)5)23-27-16-8-7-9-17-27/h7-12,14-19,22,30H,13,20-21,23-24H2,1-6H3,(H,34,38). The molecule has 3 aromatic carbocycles. The van der Waals surface area contributed by atoms with Crippen LogP contribution in [0, 0.1) is 13.8 Å². The number of nitrogens with one attached hydrogen (secondary N) is 1. The number of carbonyl (C=O) groups is 2. The van der Waals surface area contributed by atoms with Crippen molar-refractivity contribution in [3.8, 4) is 0 Å². The minimum absolute atomic E-state index is 0.0950. The number of rotatable bonds is 12. The molecule has 1 N–H and O–H groups in total. The molecule has 0 heterocycles. The molecule has 3 aromatic rings. The van der Waals surface area contributed by atoms with Crippen LogP contribution in [-0.2, 0) is 32.6 Å². The van der Waals surface area contributed by atoms with Crippen LogP contribution in [0.2, 0.25) is 0 Å². The number of benzene rings is 3. The van der Waals surface area contributed by atoms with Crippen molar-refractivity contribution in [2.24, 2.45) is 0 Å². The lowest BCUT2D eigenvalue weighted by atomic mass is 9.99. The summed E-state index contributed by atoms with van der Waals surface area (Å²) in [6.45, 7) is 10.1. The number of aryl methyl sites for hydroxylation is 2. The van der Waals surface area contributed by atoms with E-state index in [0.29, 0.717) is 18.5 Å². The zero-order valence-electron chi connectivity index (χ0n) is 25.1. The van der Waals surface area contributed by atoms with Crippen LogP contribution in [0.4, 0.5) is 5.69 Å². The minimum atomic E-state index is -3.55. The summed E-state index contributed by atoms with van der Waals surface area (Å²) in [7, 11) is -3.55. The van der Waals surface area contributed by atoms with Crippen LogP contribution in [0.25, 0.3) is 0 Å². The van der Waals surface area contributed by atoms with Crippen LogP contribution in [0.1, 0.15) is 55.9 Å². The number of sulfonamides is 1. The van der Waals surface area contributed by atoms with Crippen LogP contribution in [-0.4, -0.2) is 49.5 Å². The molecule has 8 heteroatoms. The van der Waals surface area contributed by atoms with Crippen LogP contribution >= 0.6 is 0 Å². The number of nitrogens with zero attached hydrogens (tertiary/aromatic N) is 2. The van der Waals surface area contributed by atoms with Gasteiger partial charge in [-0.2, -0.15) is 0 Å². The Balaban J connectivity index is 1.91. The fourth-order valence-electron chi connectivity index (χ4n) is 4.76. The fraction of sp³-hybridized carbons (Fsp3) is 0.394. The highest BCUT2D eigenvalue weighted by molar-refractivity contribution is 7.92. The number of hydrogen-bond donors (Lipinski definition) is 1. The molecule has 0 aliphatic heterocycles. The van der Waals surface area contributed by atoms with Gasteiger partial charge >= 0.3 is 0 Å². The quantitative estimate of drug-likeness (QED) is 0.312. The van der Waals surface area contributed by atoms with Crippen molar-refractivity contribution < 1.29 is 18.0 Å². The molecule has 0 saturated heterocycles. The van der Waals surface area contributed by atoms with Crippen molar-refractivity contribution >= 4 is 27.5 Å². The van der Waals surface area contributed by atoms with Crippen LogP contribution < -0.4 is 9.62 Å². The molecule has 0 bridgehead atoms. The zero-order chi connectivity index (χ0) is 30.2. The second kappa shape index (κ2) is 13.8. The van der Waals surface area contributed by atoms with Crippen molar-refractivity contribution in [1.29, 1.82) is 0 Å². The molecule has 41 heavy (non-hydrogen) atoms. The third kappa shape index (κ3) is 9.74. The summed E-state index contributed by atoms with van der Waals surface area (Å²) >= 11 is 0. The highest BCUT2D eigenvalue weighted by Gasteiger charge is 2.32. The van der Waals surface area contributed by atoms with E-state index in [2.05, 4.69) is 5.32 Å². The van der Waals surface area contributed by atoms with Gasteiger partial charge in [0, 0.05) is 31.5 Å². The largest absolute Gasteiger partial charge is 0.350 e. The lowest BCUT2D eigenvalue weighted by Gasteiger charge is -2.34. The molecular formula is C33H43N3O4S. The van der Waals surface area contributed by atoms with E-state index in [9.17, 15) is 18.0 Å². The van der Waals surface area contributed by atoms with Crippen LogP contribution in [0.3, 0.4) is 0 Å². The maximum absolute atomic E-state index is 14.0. The number of anilines is 1. The second-order valence-electron chi connectivity index (χ2n) is 11.7. The van der Waals surface area contributed by atoms with Crippen LogP contribution in [0.5, 0.6) is 0 Å². The first-order valence-electron chi connectivity index (χ1n) is 14.0. The van der Waals surface area contributed by atoms with E-state index in [-0.39, 0.29) is 31.3 Å². The lowest BCUT2D eigenvalue weighted by molar-refractivity contribution is -0.142. The maximum atomic E-state index is 14.0. The summed E-state index contributed by atoms with van der Waals surface area (Å²) in [5.74, 6) is -0.420. The molecule has 7 nitrogen and oxygen atoms in total. The summed E-state index contributed by atoms with van der Waals surface area (Å²) in [5, 5.41) is 3.08. The highest BCUT2D eigenvalue weighted by Crippen LogP contribution is 2.22. The summed E-state index contributed by atoms with van der Waals surface area (Å²) < 4.78 is 26.6. The first kappa shape index (κ1) is 31.9. The number of hydrogen-bond acceptors (Lipinski definition) is 4. The molecule has 0 aliphatic rings. The van der Waals surface area contributed by atoms with Gasteiger partial charge in [0.05, 0.1) is 11.9 Å². The van der Waals surface area contributed by atoms with E-state index in [1.165, 1.54) is 10.6 Å². The number of carbonyl (C=O) groups excluding carboxylic acids is 2. The van der Waals surface area contributed by atoms with E-state index in [0.717, 1.165) is 22.3 Å². The smallest absolute Gasteiger partial charge is 0.243 e. The maximum Gasteiger partial charge on any atom is 0.243 e. The first-order valence-corrected chi connectivity index (χ1v) is 15.8. The predicted octanol–water partition coefficient (Wildman–Crippen LogP) is 5.40. The monoisotopic (exact) mass is 577 g/mol. The average Bonchev–Trinajstić information content (AvgIpc) is 2.88. The van der Waals surface area contributed by atoms with E-state index < -0.39 is 21.6 Å². The van der Waals surface area contributed by atoms with Crippen molar-refractivity contribution in [1.82, 2.24) is 10.2 Å². The van der Waals surface area contributed by atoms with Gasteiger partial charge in [-0.25, -0.2) is 8.42 Å². The zero-order valence-corrected chi connectivity index (χ0v) is 25.9. The van der Waals surface area contributed by atoms with E-state index in [4.69, 9.17) is 0 Å². The minimum Gasteiger partial charge on any atom is -0.350 e. The lowest BCUT2D eigenvalue weighted by Crippen LogP contribution is -2.54. The van der Waals surface area contributed by atoms with Gasteiger partial charge in [-0.3, -0.25) is 13.9 Å². The molecule has 0 aromatic heterocycles. The van der Waals surface area contributed by atoms with Gasteiger partial charge < -0.3 is 10.2 Å². The third-order valence-electron chi connectivity index (χ3n) is 6.81. The second-order valence-corrected chi connectivity index (χ2v) is 13.6. The number of amides is 2. The molecule has 0 fully saturated rings. The van der Waals surface area contributed by atoms with Crippen molar-refractivity contribution in [2.75, 3.05) is 17.1 Å². The molecule has 2 amide bonds. The molecule has 1 atom stereocenters. The van der Waals surface area contributed by atoms with E-state index in [1.54, 1.807) is 11.0 Å². The molecule has 0 saturated carbocycles. The van der Waals surface area contributed by atoms with Crippen molar-refractivity contribution in [2.45, 2.75) is 72.0 Å². The molecular weight excluding hydrogens is 534 g/mol. The molecule has 220 valence electrons. The normalized spacial score (nSPS) is 12.4. The predicted molar refractivity (Wildman–Crippen MR) is 166 cm³/mol. The Morgan fingerprint density at radius 2 is 1.56 bits per heavy atom. The molecule has 0 aliphatic carbocycles. The Bertz CT molecular complexity index is 1430. The average molecular weight is 578 g/mol. The van der Waals surface area contributed by atoms with Gasteiger partial charge in [-0.15, -0.1) is 0 Å². The summed E-state index contributed by atoms with van der Waals surface area (Å²) in [4.78, 5) is 29.3. The summed E-state index contributed by atoms with van der Waals surface area (Å²) in [6.07, 6.45) is 1.94. The van der Waals surface area contributed by atoms with Gasteiger partial charge in [0.15, 0.2) is 0 Å². The Hall–Kier alpha value is -3.65. The molecule has 0 spiro atoms. The topological polar surface area (TPSA) is 86.8 Å². The van der Waals surface area contributed by atoms with Gasteiger partial charge in [0.2, 0.25) is 21.8 Å². The summed E-state index contributed by atoms with van der Waals surface area (Å²) in [5.41, 5.74) is 3.98. The SMILES string of the molecule is Cc1cccc(N(CCCC(=O)N(Cc2ccccc2C)C(Cc2ccccc2)C(=O)NC(C)(C)C)S(C)(=O)=O)c1. The van der Waals surface area contributed by atoms with Crippen molar-refractivity contribution in [3.05, 3.63) is 101 Å². The van der Waals surface area contributed by atoms with Gasteiger partial charge in [-0.05, 0) is 75.4 Å². The van der Waals surface area contributed by atoms with Crippen molar-refractivity contribution in [3.63, 3.8) is 0 Å². The highest BCUT2D eigenvalue weighted by atomic mass is 32.2. The fourth-order valence-corrected chi connectivity index (χ4v) is 5.72. The van der Waals surface area contributed by atoms with E-state index in [1.807, 2.05) is 107 Å². The summed E-state index contributed by atoms with van der Waals surface area (Å²) in [6, 6.07) is 24.1. The molecule has 0 radical (unpaired) electrons. The Kier molecular flexibility index (Phi) is 10.7. The molecule has 3 rings (SSSR count). The Labute approximate surface area is 245 Å². The first-order chi connectivity index (χ1) is 19.2. The van der Waals surface area contributed by atoms with Crippen LogP contribution in [0.15, 0.2) is 78.9 Å². The molecule has 1 unspecified atom stereocenters. The third-order valence-corrected chi connectivity index (χ3v) is 8.01.